The summed E-state index contributed by atoms with van der Waals surface area (Å²) >= 11 is 1.61. The highest BCUT2D eigenvalue weighted by Crippen LogP contribution is 2.24. The van der Waals surface area contributed by atoms with Crippen LogP contribution in [-0.4, -0.2) is 29.9 Å². The number of carbonyl (C=O) groups is 1. The van der Waals surface area contributed by atoms with Gasteiger partial charge in [0.2, 0.25) is 5.91 Å². The third kappa shape index (κ3) is 3.74. The first kappa shape index (κ1) is 16.2. The summed E-state index contributed by atoms with van der Waals surface area (Å²) in [5.41, 5.74) is 3.86. The fourth-order valence-corrected chi connectivity index (χ4v) is 2.83. The zero-order valence-electron chi connectivity index (χ0n) is 13.3. The highest BCUT2D eigenvalue weighted by Gasteiger charge is 2.13. The molecule has 0 aromatic carbocycles. The van der Waals surface area contributed by atoms with E-state index >= 15 is 0 Å². The van der Waals surface area contributed by atoms with Crippen LogP contribution < -0.4 is 4.74 Å². The van der Waals surface area contributed by atoms with Gasteiger partial charge in [0, 0.05) is 30.4 Å². The second-order valence-corrected chi connectivity index (χ2v) is 5.91. The van der Waals surface area contributed by atoms with E-state index in [0.717, 1.165) is 28.1 Å². The van der Waals surface area contributed by atoms with Gasteiger partial charge in [-0.1, -0.05) is 0 Å². The molecule has 0 unspecified atom stereocenters. The molecule has 0 spiro atoms. The fraction of sp³-hybridized carbons (Fsp3) is 0.294. The van der Waals surface area contributed by atoms with Crippen molar-refractivity contribution in [1.29, 1.82) is 0 Å². The fourth-order valence-electron chi connectivity index (χ4n) is 2.20. The lowest BCUT2D eigenvalue weighted by Gasteiger charge is -2.18. The highest BCUT2D eigenvalue weighted by molar-refractivity contribution is 7.08. The van der Waals surface area contributed by atoms with Gasteiger partial charge in [0.25, 0.3) is 0 Å². The van der Waals surface area contributed by atoms with Crippen LogP contribution in [0.3, 0.4) is 0 Å². The van der Waals surface area contributed by atoms with Crippen LogP contribution in [0, 0.1) is 13.8 Å². The minimum absolute atomic E-state index is 0.0491. The average molecular weight is 316 g/mol. The van der Waals surface area contributed by atoms with Crippen LogP contribution in [0.25, 0.3) is 6.08 Å². The Morgan fingerprint density at radius 2 is 2.23 bits per heavy atom. The molecule has 0 aliphatic carbocycles. The van der Waals surface area contributed by atoms with E-state index < -0.39 is 0 Å². The van der Waals surface area contributed by atoms with Crippen molar-refractivity contribution in [2.75, 3.05) is 14.2 Å². The van der Waals surface area contributed by atoms with Gasteiger partial charge in [0.05, 0.1) is 19.3 Å². The van der Waals surface area contributed by atoms with Gasteiger partial charge in [-0.2, -0.15) is 11.3 Å². The second-order valence-electron chi connectivity index (χ2n) is 5.13. The van der Waals surface area contributed by atoms with Crippen LogP contribution in [0.15, 0.2) is 29.1 Å². The van der Waals surface area contributed by atoms with E-state index in [2.05, 4.69) is 4.98 Å². The Morgan fingerprint density at radius 3 is 2.86 bits per heavy atom. The first-order valence-electron chi connectivity index (χ1n) is 6.97. The number of rotatable bonds is 5. The van der Waals surface area contributed by atoms with Gasteiger partial charge in [-0.3, -0.25) is 9.78 Å². The molecular weight excluding hydrogens is 296 g/mol. The van der Waals surface area contributed by atoms with Crippen molar-refractivity contribution in [2.45, 2.75) is 20.4 Å². The number of aromatic nitrogens is 1. The van der Waals surface area contributed by atoms with Crippen LogP contribution >= 0.6 is 11.3 Å². The number of thiophene rings is 1. The maximum atomic E-state index is 12.2. The Bertz CT molecular complexity index is 678. The normalized spacial score (nSPS) is 10.9. The van der Waals surface area contributed by atoms with E-state index in [1.807, 2.05) is 36.7 Å². The molecule has 0 aliphatic rings. The van der Waals surface area contributed by atoms with Gasteiger partial charge in [-0.15, -0.1) is 0 Å². The quantitative estimate of drug-likeness (QED) is 0.794. The van der Waals surface area contributed by atoms with Gasteiger partial charge in [0.15, 0.2) is 0 Å². The number of likely N-dealkylation sites (N-methyl/N-ethyl adjacent to an activating group) is 1. The molecule has 5 heteroatoms. The second kappa shape index (κ2) is 7.22. The molecule has 0 fully saturated rings. The smallest absolute Gasteiger partial charge is 0.246 e. The predicted octanol–water partition coefficient (Wildman–Crippen LogP) is 3.44. The van der Waals surface area contributed by atoms with Crippen molar-refractivity contribution < 1.29 is 9.53 Å². The van der Waals surface area contributed by atoms with E-state index in [9.17, 15) is 4.79 Å². The molecule has 2 rings (SSSR count). The number of methoxy groups -OCH3 is 1. The number of carbonyl (C=O) groups excluding carboxylic acids is 1. The summed E-state index contributed by atoms with van der Waals surface area (Å²) in [4.78, 5) is 18.2. The molecule has 116 valence electrons. The van der Waals surface area contributed by atoms with Crippen molar-refractivity contribution in [3.8, 4) is 5.75 Å². The number of nitrogens with zero attached hydrogens (tertiary/aromatic N) is 2. The Hall–Kier alpha value is -2.14. The molecule has 2 aromatic rings. The summed E-state index contributed by atoms with van der Waals surface area (Å²) in [6.07, 6.45) is 5.19. The Balaban J connectivity index is 2.08. The Kier molecular flexibility index (Phi) is 5.33. The van der Waals surface area contributed by atoms with Crippen molar-refractivity contribution in [3.63, 3.8) is 0 Å². The summed E-state index contributed by atoms with van der Waals surface area (Å²) in [6.45, 7) is 4.38. The largest absolute Gasteiger partial charge is 0.496 e. The lowest BCUT2D eigenvalue weighted by molar-refractivity contribution is -0.125. The number of aryl methyl sites for hydroxylation is 1. The summed E-state index contributed by atoms with van der Waals surface area (Å²) < 4.78 is 5.40. The molecule has 0 aliphatic heterocycles. The number of hydrogen-bond acceptors (Lipinski definition) is 4. The van der Waals surface area contributed by atoms with E-state index in [1.165, 1.54) is 0 Å². The van der Waals surface area contributed by atoms with E-state index in [4.69, 9.17) is 4.74 Å². The monoisotopic (exact) mass is 316 g/mol. The summed E-state index contributed by atoms with van der Waals surface area (Å²) in [5, 5.41) is 3.99. The van der Waals surface area contributed by atoms with Gasteiger partial charge in [0.1, 0.15) is 5.75 Å². The maximum Gasteiger partial charge on any atom is 0.246 e. The Labute approximate surface area is 135 Å². The zero-order chi connectivity index (χ0) is 16.1. The van der Waals surface area contributed by atoms with Crippen molar-refractivity contribution in [3.05, 3.63) is 51.5 Å². The summed E-state index contributed by atoms with van der Waals surface area (Å²) in [7, 11) is 3.42. The molecule has 2 aromatic heterocycles. The van der Waals surface area contributed by atoms with Gasteiger partial charge >= 0.3 is 0 Å². The highest BCUT2D eigenvalue weighted by atomic mass is 32.1. The minimum atomic E-state index is -0.0491. The molecule has 4 nitrogen and oxygen atoms in total. The first-order valence-corrected chi connectivity index (χ1v) is 7.91. The van der Waals surface area contributed by atoms with Gasteiger partial charge in [-0.25, -0.2) is 0 Å². The molecular formula is C17H20N2O2S. The molecule has 2 heterocycles. The molecule has 0 radical (unpaired) electrons. The van der Waals surface area contributed by atoms with E-state index in [0.29, 0.717) is 6.54 Å². The lowest BCUT2D eigenvalue weighted by Crippen LogP contribution is -2.25. The van der Waals surface area contributed by atoms with E-state index in [-0.39, 0.29) is 5.91 Å². The molecule has 1 amide bonds. The van der Waals surface area contributed by atoms with Crippen LogP contribution in [0.4, 0.5) is 0 Å². The topological polar surface area (TPSA) is 42.4 Å². The number of amides is 1. The lowest BCUT2D eigenvalue weighted by atomic mass is 10.1. The molecule has 0 bridgehead atoms. The zero-order valence-corrected chi connectivity index (χ0v) is 14.1. The third-order valence-electron chi connectivity index (χ3n) is 3.47. The molecule has 0 N–H and O–H groups in total. The predicted molar refractivity (Wildman–Crippen MR) is 90.1 cm³/mol. The van der Waals surface area contributed by atoms with Gasteiger partial charge in [-0.05, 0) is 42.3 Å². The molecule has 0 atom stereocenters. The standard InChI is InChI=1S/C17H20N2O2S/c1-12-9-18-15(13(2)17(12)21-4)10-19(3)16(20)6-5-14-7-8-22-11-14/h5-9,11H,10H2,1-4H3. The summed E-state index contributed by atoms with van der Waals surface area (Å²) in [5.74, 6) is 0.784. The van der Waals surface area contributed by atoms with Crippen molar-refractivity contribution in [2.24, 2.45) is 0 Å². The van der Waals surface area contributed by atoms with Crippen molar-refractivity contribution in [1.82, 2.24) is 9.88 Å². The maximum absolute atomic E-state index is 12.2. The Morgan fingerprint density at radius 1 is 1.45 bits per heavy atom. The SMILES string of the molecule is COc1c(C)cnc(CN(C)C(=O)C=Cc2ccsc2)c1C. The minimum Gasteiger partial charge on any atom is -0.496 e. The molecule has 22 heavy (non-hydrogen) atoms. The number of ether oxygens (including phenoxy) is 1. The molecule has 0 saturated heterocycles. The van der Waals surface area contributed by atoms with Crippen LogP contribution in [-0.2, 0) is 11.3 Å². The van der Waals surface area contributed by atoms with Crippen molar-refractivity contribution >= 4 is 23.3 Å². The number of hydrogen-bond donors (Lipinski definition) is 0. The first-order chi connectivity index (χ1) is 10.5. The van der Waals surface area contributed by atoms with Crippen LogP contribution in [0.5, 0.6) is 5.75 Å². The van der Waals surface area contributed by atoms with Crippen LogP contribution in [0.1, 0.15) is 22.4 Å². The van der Waals surface area contributed by atoms with Gasteiger partial charge < -0.3 is 9.64 Å². The third-order valence-corrected chi connectivity index (χ3v) is 4.18. The van der Waals surface area contributed by atoms with E-state index in [1.54, 1.807) is 42.7 Å². The molecule has 0 saturated carbocycles. The van der Waals surface area contributed by atoms with Crippen LogP contribution in [0.2, 0.25) is 0 Å². The average Bonchev–Trinajstić information content (AvgIpc) is 3.01. The number of pyridine rings is 1. The summed E-state index contributed by atoms with van der Waals surface area (Å²) in [6, 6.07) is 1.98.